The van der Waals surface area contributed by atoms with Crippen LogP contribution in [-0.2, 0) is 4.74 Å². The normalized spacial score (nSPS) is 27.9. The van der Waals surface area contributed by atoms with Crippen molar-refractivity contribution in [2.45, 2.75) is 78.0 Å². The lowest BCUT2D eigenvalue weighted by Crippen LogP contribution is -2.35. The van der Waals surface area contributed by atoms with Crippen LogP contribution in [0.1, 0.15) is 60.3 Å². The van der Waals surface area contributed by atoms with Crippen molar-refractivity contribution in [1.82, 2.24) is 5.32 Å². The Kier molecular flexibility index (Phi) is 5.26. The van der Waals surface area contributed by atoms with Crippen LogP contribution in [0.3, 0.4) is 0 Å². The quantitative estimate of drug-likeness (QED) is 0.751. The molecule has 16 heavy (non-hydrogen) atoms. The van der Waals surface area contributed by atoms with Crippen LogP contribution in [0, 0.1) is 5.92 Å². The molecule has 0 amide bonds. The summed E-state index contributed by atoms with van der Waals surface area (Å²) in [5, 5.41) is 3.60. The third-order valence-corrected chi connectivity index (χ3v) is 3.70. The molecular formula is C14H29NO. The summed E-state index contributed by atoms with van der Waals surface area (Å²) in [6.07, 6.45) is 5.37. The molecule has 1 fully saturated rings. The van der Waals surface area contributed by atoms with Gasteiger partial charge < -0.3 is 10.1 Å². The first kappa shape index (κ1) is 14.0. The molecule has 0 bridgehead atoms. The van der Waals surface area contributed by atoms with E-state index in [9.17, 15) is 0 Å². The topological polar surface area (TPSA) is 21.3 Å². The number of nitrogens with one attached hydrogen (secondary N) is 1. The Balaban J connectivity index is 2.15. The van der Waals surface area contributed by atoms with Crippen molar-refractivity contribution in [1.29, 1.82) is 0 Å². The highest BCUT2D eigenvalue weighted by molar-refractivity contribution is 4.82. The third-order valence-electron chi connectivity index (χ3n) is 3.70. The van der Waals surface area contributed by atoms with E-state index in [0.29, 0.717) is 12.1 Å². The molecule has 96 valence electrons. The molecule has 0 aliphatic carbocycles. The van der Waals surface area contributed by atoms with E-state index >= 15 is 0 Å². The van der Waals surface area contributed by atoms with Crippen LogP contribution in [-0.4, -0.2) is 24.3 Å². The number of ether oxygens (including phenoxy) is 1. The first-order chi connectivity index (χ1) is 7.43. The summed E-state index contributed by atoms with van der Waals surface area (Å²) in [6.45, 7) is 12.3. The van der Waals surface area contributed by atoms with Crippen molar-refractivity contribution in [2.75, 3.05) is 6.54 Å². The molecule has 2 heteroatoms. The minimum atomic E-state index is 0.103. The van der Waals surface area contributed by atoms with Gasteiger partial charge in [-0.15, -0.1) is 0 Å². The van der Waals surface area contributed by atoms with Crippen molar-refractivity contribution >= 4 is 0 Å². The summed E-state index contributed by atoms with van der Waals surface area (Å²) in [4.78, 5) is 0. The van der Waals surface area contributed by atoms with E-state index in [0.717, 1.165) is 12.5 Å². The Bertz CT molecular complexity index is 203. The van der Waals surface area contributed by atoms with Crippen molar-refractivity contribution in [3.63, 3.8) is 0 Å². The zero-order valence-corrected chi connectivity index (χ0v) is 11.7. The second-order valence-corrected chi connectivity index (χ2v) is 6.10. The average molecular weight is 227 g/mol. The Labute approximate surface area is 101 Å². The molecule has 0 spiro atoms. The predicted octanol–water partition coefficient (Wildman–Crippen LogP) is 3.36. The van der Waals surface area contributed by atoms with Crippen LogP contribution in [0.4, 0.5) is 0 Å². The van der Waals surface area contributed by atoms with Gasteiger partial charge in [-0.1, -0.05) is 20.3 Å². The molecule has 1 aliphatic rings. The highest BCUT2D eigenvalue weighted by Crippen LogP contribution is 2.28. The first-order valence-corrected chi connectivity index (χ1v) is 6.84. The molecule has 1 N–H and O–H groups in total. The average Bonchev–Trinajstić information content (AvgIpc) is 2.55. The molecule has 0 aromatic carbocycles. The molecule has 1 aliphatic heterocycles. The van der Waals surface area contributed by atoms with Gasteiger partial charge in [0.2, 0.25) is 0 Å². The van der Waals surface area contributed by atoms with Crippen LogP contribution in [0.15, 0.2) is 0 Å². The van der Waals surface area contributed by atoms with Crippen LogP contribution >= 0.6 is 0 Å². The van der Waals surface area contributed by atoms with E-state index in [2.05, 4.69) is 39.9 Å². The first-order valence-electron chi connectivity index (χ1n) is 6.84. The lowest BCUT2D eigenvalue weighted by Gasteiger charge is -2.22. The SMILES string of the molecule is CCC(C)CC(C)NCC1CCC(C)(C)O1. The van der Waals surface area contributed by atoms with E-state index in [1.807, 2.05) is 0 Å². The molecule has 1 rings (SSSR count). The summed E-state index contributed by atoms with van der Waals surface area (Å²) in [6, 6.07) is 0.613. The molecule has 3 atom stereocenters. The molecule has 0 radical (unpaired) electrons. The van der Waals surface area contributed by atoms with Crippen molar-refractivity contribution in [3.05, 3.63) is 0 Å². The fraction of sp³-hybridized carbons (Fsp3) is 1.00. The summed E-state index contributed by atoms with van der Waals surface area (Å²) >= 11 is 0. The molecule has 0 saturated carbocycles. The Hall–Kier alpha value is -0.0800. The largest absolute Gasteiger partial charge is 0.371 e. The summed E-state index contributed by atoms with van der Waals surface area (Å²) in [7, 11) is 0. The van der Waals surface area contributed by atoms with Gasteiger partial charge in [0, 0.05) is 12.6 Å². The van der Waals surface area contributed by atoms with E-state index in [-0.39, 0.29) is 5.60 Å². The minimum Gasteiger partial charge on any atom is -0.371 e. The second-order valence-electron chi connectivity index (χ2n) is 6.10. The third kappa shape index (κ3) is 4.84. The number of rotatable bonds is 6. The van der Waals surface area contributed by atoms with Gasteiger partial charge in [0.1, 0.15) is 0 Å². The van der Waals surface area contributed by atoms with Gasteiger partial charge in [0.25, 0.3) is 0 Å². The van der Waals surface area contributed by atoms with Crippen molar-refractivity contribution in [2.24, 2.45) is 5.92 Å². The lowest BCUT2D eigenvalue weighted by atomic mass is 10.0. The van der Waals surface area contributed by atoms with Crippen molar-refractivity contribution in [3.8, 4) is 0 Å². The minimum absolute atomic E-state index is 0.103. The smallest absolute Gasteiger partial charge is 0.0707 e. The molecular weight excluding hydrogens is 198 g/mol. The van der Waals surface area contributed by atoms with Crippen molar-refractivity contribution < 1.29 is 4.74 Å². The standard InChI is InChI=1S/C14H29NO/c1-6-11(2)9-12(3)15-10-13-7-8-14(4,5)16-13/h11-13,15H,6-10H2,1-5H3. The van der Waals surface area contributed by atoms with Gasteiger partial charge in [-0.3, -0.25) is 0 Å². The van der Waals surface area contributed by atoms with E-state index < -0.39 is 0 Å². The Morgan fingerprint density at radius 3 is 2.56 bits per heavy atom. The predicted molar refractivity (Wildman–Crippen MR) is 69.7 cm³/mol. The summed E-state index contributed by atoms with van der Waals surface area (Å²) < 4.78 is 5.97. The monoisotopic (exact) mass is 227 g/mol. The van der Waals surface area contributed by atoms with Crippen LogP contribution in [0.2, 0.25) is 0 Å². The molecule has 3 unspecified atom stereocenters. The van der Waals surface area contributed by atoms with E-state index in [1.54, 1.807) is 0 Å². The van der Waals surface area contributed by atoms with Gasteiger partial charge in [0.05, 0.1) is 11.7 Å². The zero-order chi connectivity index (χ0) is 12.2. The Morgan fingerprint density at radius 1 is 1.38 bits per heavy atom. The van der Waals surface area contributed by atoms with Gasteiger partial charge in [-0.25, -0.2) is 0 Å². The second kappa shape index (κ2) is 6.02. The summed E-state index contributed by atoms with van der Waals surface area (Å²) in [5.74, 6) is 0.823. The van der Waals surface area contributed by atoms with Gasteiger partial charge in [-0.05, 0) is 46.0 Å². The highest BCUT2D eigenvalue weighted by atomic mass is 16.5. The molecule has 0 aromatic heterocycles. The van der Waals surface area contributed by atoms with E-state index in [4.69, 9.17) is 4.74 Å². The Morgan fingerprint density at radius 2 is 2.06 bits per heavy atom. The van der Waals surface area contributed by atoms with Crippen LogP contribution < -0.4 is 5.32 Å². The molecule has 1 heterocycles. The maximum atomic E-state index is 5.97. The number of hydrogen-bond acceptors (Lipinski definition) is 2. The van der Waals surface area contributed by atoms with Crippen LogP contribution in [0.5, 0.6) is 0 Å². The van der Waals surface area contributed by atoms with Gasteiger partial charge >= 0.3 is 0 Å². The highest BCUT2D eigenvalue weighted by Gasteiger charge is 2.31. The maximum absolute atomic E-state index is 5.97. The van der Waals surface area contributed by atoms with Crippen LogP contribution in [0.25, 0.3) is 0 Å². The summed E-state index contributed by atoms with van der Waals surface area (Å²) in [5.41, 5.74) is 0.103. The maximum Gasteiger partial charge on any atom is 0.0707 e. The molecule has 1 saturated heterocycles. The molecule has 0 aromatic rings. The lowest BCUT2D eigenvalue weighted by molar-refractivity contribution is -0.0151. The van der Waals surface area contributed by atoms with Gasteiger partial charge in [0.15, 0.2) is 0 Å². The molecule has 2 nitrogen and oxygen atoms in total. The fourth-order valence-electron chi connectivity index (χ4n) is 2.41. The van der Waals surface area contributed by atoms with Gasteiger partial charge in [-0.2, -0.15) is 0 Å². The van der Waals surface area contributed by atoms with E-state index in [1.165, 1.54) is 25.7 Å². The fourth-order valence-corrected chi connectivity index (χ4v) is 2.41. The number of hydrogen-bond donors (Lipinski definition) is 1. The zero-order valence-electron chi connectivity index (χ0n) is 11.7.